The Balaban J connectivity index is 2.02. The molecule has 0 fully saturated rings. The zero-order chi connectivity index (χ0) is 20.9. The molecule has 4 nitrogen and oxygen atoms in total. The predicted molar refractivity (Wildman–Crippen MR) is 87.3 cm³/mol. The summed E-state index contributed by atoms with van der Waals surface area (Å²) < 4.78 is 87.2. The van der Waals surface area contributed by atoms with Crippen LogP contribution in [0.15, 0.2) is 42.5 Å². The third-order valence-electron chi connectivity index (χ3n) is 3.57. The molecule has 28 heavy (non-hydrogen) atoms. The van der Waals surface area contributed by atoms with Crippen molar-refractivity contribution >= 4 is 5.91 Å². The van der Waals surface area contributed by atoms with Crippen molar-refractivity contribution in [2.75, 3.05) is 20.3 Å². The van der Waals surface area contributed by atoms with Crippen LogP contribution in [-0.4, -0.2) is 26.2 Å². The Bertz CT molecular complexity index is 783. The van der Waals surface area contributed by atoms with Crippen molar-refractivity contribution in [2.45, 2.75) is 12.4 Å². The van der Waals surface area contributed by atoms with Crippen LogP contribution in [0.2, 0.25) is 0 Å². The Labute approximate surface area is 156 Å². The SMILES string of the molecule is COc1ccc(OCCNC(=O)c2cc(C(F)(F)F)cc(C(F)(F)F)c2)cc1. The zero-order valence-electron chi connectivity index (χ0n) is 14.4. The average molecular weight is 407 g/mol. The van der Waals surface area contributed by atoms with Gasteiger partial charge in [-0.15, -0.1) is 0 Å². The van der Waals surface area contributed by atoms with Gasteiger partial charge in [0, 0.05) is 5.56 Å². The van der Waals surface area contributed by atoms with Crippen molar-refractivity contribution in [3.05, 3.63) is 59.2 Å². The van der Waals surface area contributed by atoms with Crippen molar-refractivity contribution in [1.29, 1.82) is 0 Å². The van der Waals surface area contributed by atoms with E-state index >= 15 is 0 Å². The van der Waals surface area contributed by atoms with Crippen LogP contribution < -0.4 is 14.8 Å². The summed E-state index contributed by atoms with van der Waals surface area (Å²) in [5.41, 5.74) is -3.85. The highest BCUT2D eigenvalue weighted by Gasteiger charge is 2.37. The molecule has 0 aliphatic carbocycles. The van der Waals surface area contributed by atoms with Gasteiger partial charge < -0.3 is 14.8 Å². The third-order valence-corrected chi connectivity index (χ3v) is 3.57. The normalized spacial score (nSPS) is 11.8. The van der Waals surface area contributed by atoms with E-state index in [4.69, 9.17) is 9.47 Å². The fourth-order valence-electron chi connectivity index (χ4n) is 2.19. The van der Waals surface area contributed by atoms with Gasteiger partial charge in [0.05, 0.1) is 24.8 Å². The summed E-state index contributed by atoms with van der Waals surface area (Å²) in [4.78, 5) is 12.0. The molecule has 2 aromatic rings. The molecule has 0 aliphatic heterocycles. The summed E-state index contributed by atoms with van der Waals surface area (Å²) in [6.07, 6.45) is -10.0. The summed E-state index contributed by atoms with van der Waals surface area (Å²) in [5, 5.41) is 2.23. The van der Waals surface area contributed by atoms with E-state index in [0.29, 0.717) is 23.6 Å². The molecule has 10 heteroatoms. The molecule has 0 radical (unpaired) electrons. The fourth-order valence-corrected chi connectivity index (χ4v) is 2.19. The Morgan fingerprint density at radius 2 is 1.39 bits per heavy atom. The first-order valence-electron chi connectivity index (χ1n) is 7.85. The zero-order valence-corrected chi connectivity index (χ0v) is 14.4. The second-order valence-electron chi connectivity index (χ2n) is 5.57. The number of rotatable bonds is 6. The first kappa shape index (κ1) is 21.4. The van der Waals surface area contributed by atoms with Gasteiger partial charge in [0.15, 0.2) is 0 Å². The van der Waals surface area contributed by atoms with Gasteiger partial charge in [-0.3, -0.25) is 4.79 Å². The average Bonchev–Trinajstić information content (AvgIpc) is 2.63. The smallest absolute Gasteiger partial charge is 0.416 e. The predicted octanol–water partition coefficient (Wildman–Crippen LogP) is 4.54. The van der Waals surface area contributed by atoms with Gasteiger partial charge in [-0.25, -0.2) is 0 Å². The first-order chi connectivity index (χ1) is 13.0. The number of amides is 1. The Hall–Kier alpha value is -2.91. The topological polar surface area (TPSA) is 47.6 Å². The van der Waals surface area contributed by atoms with E-state index < -0.39 is 35.0 Å². The van der Waals surface area contributed by atoms with Gasteiger partial charge in [-0.1, -0.05) is 0 Å². The number of methoxy groups -OCH3 is 1. The number of halogens is 6. The number of hydrogen-bond donors (Lipinski definition) is 1. The summed E-state index contributed by atoms with van der Waals surface area (Å²) >= 11 is 0. The molecule has 0 bridgehead atoms. The van der Waals surface area contributed by atoms with Gasteiger partial charge in [0.1, 0.15) is 18.1 Å². The van der Waals surface area contributed by atoms with E-state index in [1.54, 1.807) is 24.3 Å². The van der Waals surface area contributed by atoms with Crippen LogP contribution in [0.1, 0.15) is 21.5 Å². The number of hydrogen-bond acceptors (Lipinski definition) is 3. The molecule has 0 spiro atoms. The Morgan fingerprint density at radius 1 is 0.893 bits per heavy atom. The van der Waals surface area contributed by atoms with Gasteiger partial charge >= 0.3 is 12.4 Å². The maximum absolute atomic E-state index is 12.8. The number of nitrogens with one attached hydrogen (secondary N) is 1. The highest BCUT2D eigenvalue weighted by Crippen LogP contribution is 2.36. The number of ether oxygens (including phenoxy) is 2. The van der Waals surface area contributed by atoms with Gasteiger partial charge in [-0.05, 0) is 42.5 Å². The standard InChI is InChI=1S/C18H15F6NO3/c1-27-14-2-4-15(5-3-14)28-7-6-25-16(26)11-8-12(17(19,20)21)10-13(9-11)18(22,23)24/h2-5,8-10H,6-7H2,1H3,(H,25,26). The number of alkyl halides is 6. The second kappa shape index (κ2) is 8.41. The summed E-state index contributed by atoms with van der Waals surface area (Å²) in [7, 11) is 1.49. The van der Waals surface area contributed by atoms with Crippen molar-refractivity contribution in [1.82, 2.24) is 5.32 Å². The fraction of sp³-hybridized carbons (Fsp3) is 0.278. The van der Waals surface area contributed by atoms with E-state index in [9.17, 15) is 31.1 Å². The van der Waals surface area contributed by atoms with Crippen molar-refractivity contribution in [2.24, 2.45) is 0 Å². The van der Waals surface area contributed by atoms with Crippen molar-refractivity contribution in [3.63, 3.8) is 0 Å². The quantitative estimate of drug-likeness (QED) is 0.565. The molecular formula is C18H15F6NO3. The highest BCUT2D eigenvalue weighted by atomic mass is 19.4. The lowest BCUT2D eigenvalue weighted by Gasteiger charge is -2.14. The molecule has 152 valence electrons. The lowest BCUT2D eigenvalue weighted by Crippen LogP contribution is -2.28. The van der Waals surface area contributed by atoms with Crippen LogP contribution in [0.4, 0.5) is 26.3 Å². The Kier molecular flexibility index (Phi) is 6.42. The molecule has 0 saturated heterocycles. The minimum absolute atomic E-state index is 0.0381. The van der Waals surface area contributed by atoms with Crippen LogP contribution in [-0.2, 0) is 12.4 Å². The Morgan fingerprint density at radius 3 is 1.86 bits per heavy atom. The van der Waals surface area contributed by atoms with Gasteiger partial charge in [0.25, 0.3) is 5.91 Å². The molecule has 0 aliphatic rings. The molecule has 0 atom stereocenters. The van der Waals surface area contributed by atoms with Gasteiger partial charge in [0.2, 0.25) is 0 Å². The van der Waals surface area contributed by atoms with Crippen LogP contribution in [0.3, 0.4) is 0 Å². The minimum atomic E-state index is -5.02. The summed E-state index contributed by atoms with van der Waals surface area (Å²) in [6.45, 7) is -0.161. The number of carbonyl (C=O) groups excluding carboxylic acids is 1. The largest absolute Gasteiger partial charge is 0.497 e. The molecule has 0 heterocycles. The first-order valence-corrected chi connectivity index (χ1v) is 7.85. The lowest BCUT2D eigenvalue weighted by atomic mass is 10.0. The van der Waals surface area contributed by atoms with E-state index in [1.807, 2.05) is 0 Å². The van der Waals surface area contributed by atoms with Gasteiger partial charge in [-0.2, -0.15) is 26.3 Å². The lowest BCUT2D eigenvalue weighted by molar-refractivity contribution is -0.143. The molecule has 1 N–H and O–H groups in total. The van der Waals surface area contributed by atoms with Crippen molar-refractivity contribution < 1.29 is 40.6 Å². The molecule has 0 aromatic heterocycles. The highest BCUT2D eigenvalue weighted by molar-refractivity contribution is 5.94. The van der Waals surface area contributed by atoms with Crippen LogP contribution in [0, 0.1) is 0 Å². The summed E-state index contributed by atoms with van der Waals surface area (Å²) in [6, 6.07) is 7.17. The molecule has 2 aromatic carbocycles. The molecule has 2 rings (SSSR count). The molecule has 1 amide bonds. The summed E-state index contributed by atoms with van der Waals surface area (Å²) in [5.74, 6) is -0.0194. The maximum atomic E-state index is 12.8. The van der Waals surface area contributed by atoms with E-state index in [-0.39, 0.29) is 19.2 Å². The van der Waals surface area contributed by atoms with Crippen molar-refractivity contribution in [3.8, 4) is 11.5 Å². The number of carbonyl (C=O) groups is 1. The van der Waals surface area contributed by atoms with Crippen LogP contribution in [0.5, 0.6) is 11.5 Å². The third kappa shape index (κ3) is 5.80. The van der Waals surface area contributed by atoms with E-state index in [0.717, 1.165) is 0 Å². The number of benzene rings is 2. The monoisotopic (exact) mass is 407 g/mol. The molecule has 0 unspecified atom stereocenters. The minimum Gasteiger partial charge on any atom is -0.497 e. The van der Waals surface area contributed by atoms with Crippen LogP contribution in [0.25, 0.3) is 0 Å². The van der Waals surface area contributed by atoms with E-state index in [2.05, 4.69) is 5.32 Å². The maximum Gasteiger partial charge on any atom is 0.416 e. The van der Waals surface area contributed by atoms with E-state index in [1.165, 1.54) is 7.11 Å². The molecular weight excluding hydrogens is 392 g/mol. The molecule has 0 saturated carbocycles. The van der Waals surface area contributed by atoms with Crippen LogP contribution >= 0.6 is 0 Å². The second-order valence-corrected chi connectivity index (χ2v) is 5.57.